The number of aliphatic hydroxyl groups is 1. The summed E-state index contributed by atoms with van der Waals surface area (Å²) in [5, 5.41) is 9.92. The van der Waals surface area contributed by atoms with Crippen LogP contribution in [0.15, 0.2) is 24.3 Å². The lowest BCUT2D eigenvalue weighted by atomic mass is 10.2. The fourth-order valence-electron chi connectivity index (χ4n) is 2.02. The summed E-state index contributed by atoms with van der Waals surface area (Å²) in [5.74, 6) is 0.830. The van der Waals surface area contributed by atoms with Crippen molar-refractivity contribution in [2.45, 2.75) is 19.1 Å². The summed E-state index contributed by atoms with van der Waals surface area (Å²) >= 11 is 0. The van der Waals surface area contributed by atoms with Gasteiger partial charge in [0.1, 0.15) is 5.75 Å². The first-order valence-corrected chi connectivity index (χ1v) is 7.22. The fourth-order valence-corrected chi connectivity index (χ4v) is 2.02. The Hall–Kier alpha value is -1.14. The SMILES string of the molecule is COCCCN(C)CC(O)COCc1ccc(OC)cc1. The molecule has 21 heavy (non-hydrogen) atoms. The predicted octanol–water partition coefficient (Wildman–Crippen LogP) is 1.54. The summed E-state index contributed by atoms with van der Waals surface area (Å²) < 4.78 is 15.6. The van der Waals surface area contributed by atoms with Crippen LogP contribution in [0.4, 0.5) is 0 Å². The van der Waals surface area contributed by atoms with Gasteiger partial charge in [-0.25, -0.2) is 0 Å². The molecule has 0 bridgehead atoms. The molecule has 0 saturated carbocycles. The molecule has 0 heterocycles. The van der Waals surface area contributed by atoms with E-state index in [1.807, 2.05) is 31.3 Å². The molecule has 0 aliphatic rings. The molecule has 1 rings (SSSR count). The fraction of sp³-hybridized carbons (Fsp3) is 0.625. The van der Waals surface area contributed by atoms with Crippen LogP contribution < -0.4 is 4.74 Å². The summed E-state index contributed by atoms with van der Waals surface area (Å²) in [7, 11) is 5.33. The van der Waals surface area contributed by atoms with Gasteiger partial charge in [-0.05, 0) is 31.2 Å². The molecule has 0 radical (unpaired) electrons. The van der Waals surface area contributed by atoms with Crippen molar-refractivity contribution in [1.29, 1.82) is 0 Å². The number of rotatable bonds is 11. The lowest BCUT2D eigenvalue weighted by Gasteiger charge is -2.20. The van der Waals surface area contributed by atoms with Crippen LogP contribution in [0.3, 0.4) is 0 Å². The van der Waals surface area contributed by atoms with E-state index in [9.17, 15) is 5.11 Å². The predicted molar refractivity (Wildman–Crippen MR) is 82.6 cm³/mol. The Morgan fingerprint density at radius 2 is 1.90 bits per heavy atom. The highest BCUT2D eigenvalue weighted by atomic mass is 16.5. The highest BCUT2D eigenvalue weighted by molar-refractivity contribution is 5.26. The number of aliphatic hydroxyl groups excluding tert-OH is 1. The van der Waals surface area contributed by atoms with Crippen LogP contribution in [0.5, 0.6) is 5.75 Å². The van der Waals surface area contributed by atoms with Gasteiger partial charge in [0.05, 0.1) is 26.4 Å². The Labute approximate surface area is 127 Å². The molecule has 0 saturated heterocycles. The zero-order valence-corrected chi connectivity index (χ0v) is 13.2. The zero-order valence-electron chi connectivity index (χ0n) is 13.2. The van der Waals surface area contributed by atoms with E-state index in [4.69, 9.17) is 14.2 Å². The van der Waals surface area contributed by atoms with Gasteiger partial charge < -0.3 is 24.2 Å². The van der Waals surface area contributed by atoms with E-state index in [-0.39, 0.29) is 0 Å². The van der Waals surface area contributed by atoms with Crippen molar-refractivity contribution in [2.24, 2.45) is 0 Å². The van der Waals surface area contributed by atoms with Crippen LogP contribution >= 0.6 is 0 Å². The van der Waals surface area contributed by atoms with Crippen LogP contribution in [0.25, 0.3) is 0 Å². The molecule has 0 fully saturated rings. The highest BCUT2D eigenvalue weighted by Gasteiger charge is 2.08. The summed E-state index contributed by atoms with van der Waals surface area (Å²) in [4.78, 5) is 2.08. The number of ether oxygens (including phenoxy) is 3. The molecule has 1 unspecified atom stereocenters. The third kappa shape index (κ3) is 8.02. The average Bonchev–Trinajstić information content (AvgIpc) is 2.48. The quantitative estimate of drug-likeness (QED) is 0.628. The minimum Gasteiger partial charge on any atom is -0.497 e. The number of nitrogens with zero attached hydrogens (tertiary/aromatic N) is 1. The Morgan fingerprint density at radius 3 is 2.52 bits per heavy atom. The summed E-state index contributed by atoms with van der Waals surface area (Å²) in [5.41, 5.74) is 1.07. The van der Waals surface area contributed by atoms with E-state index >= 15 is 0 Å². The normalized spacial score (nSPS) is 12.6. The molecule has 1 atom stereocenters. The van der Waals surface area contributed by atoms with Gasteiger partial charge in [-0.2, -0.15) is 0 Å². The average molecular weight is 297 g/mol. The summed E-state index contributed by atoms with van der Waals surface area (Å²) in [6.45, 7) is 3.08. The Balaban J connectivity index is 2.15. The Morgan fingerprint density at radius 1 is 1.19 bits per heavy atom. The van der Waals surface area contributed by atoms with Crippen LogP contribution in [0.1, 0.15) is 12.0 Å². The van der Waals surface area contributed by atoms with Gasteiger partial charge in [-0.15, -0.1) is 0 Å². The van der Waals surface area contributed by atoms with Crippen LogP contribution in [0.2, 0.25) is 0 Å². The topological polar surface area (TPSA) is 51.2 Å². The van der Waals surface area contributed by atoms with Crippen molar-refractivity contribution in [3.05, 3.63) is 29.8 Å². The number of likely N-dealkylation sites (N-methyl/N-ethyl adjacent to an activating group) is 1. The third-order valence-corrected chi connectivity index (χ3v) is 3.15. The minimum atomic E-state index is -0.476. The van der Waals surface area contributed by atoms with Crippen LogP contribution in [0, 0.1) is 0 Å². The van der Waals surface area contributed by atoms with Crippen molar-refractivity contribution in [1.82, 2.24) is 4.90 Å². The first-order valence-electron chi connectivity index (χ1n) is 7.22. The first kappa shape index (κ1) is 17.9. The van der Waals surface area contributed by atoms with E-state index < -0.39 is 6.10 Å². The van der Waals surface area contributed by atoms with Gasteiger partial charge >= 0.3 is 0 Å². The molecule has 1 aromatic carbocycles. The largest absolute Gasteiger partial charge is 0.497 e. The van der Waals surface area contributed by atoms with E-state index in [0.717, 1.165) is 30.9 Å². The van der Waals surface area contributed by atoms with Gasteiger partial charge in [0.15, 0.2) is 0 Å². The van der Waals surface area contributed by atoms with Crippen LogP contribution in [-0.2, 0) is 16.1 Å². The number of benzene rings is 1. The van der Waals surface area contributed by atoms with Crippen molar-refractivity contribution in [3.63, 3.8) is 0 Å². The standard InChI is InChI=1S/C16H27NO4/c1-17(9-4-10-19-2)11-15(18)13-21-12-14-5-7-16(20-3)8-6-14/h5-8,15,18H,4,9-13H2,1-3H3. The van der Waals surface area contributed by atoms with Crippen molar-refractivity contribution >= 4 is 0 Å². The lowest BCUT2D eigenvalue weighted by Crippen LogP contribution is -2.33. The monoisotopic (exact) mass is 297 g/mol. The van der Waals surface area contributed by atoms with Gasteiger partial charge in [-0.1, -0.05) is 12.1 Å². The number of hydrogen-bond acceptors (Lipinski definition) is 5. The van der Waals surface area contributed by atoms with Crippen molar-refractivity contribution < 1.29 is 19.3 Å². The molecule has 1 aromatic rings. The van der Waals surface area contributed by atoms with Gasteiger partial charge in [0.25, 0.3) is 0 Å². The van der Waals surface area contributed by atoms with Gasteiger partial charge in [-0.3, -0.25) is 0 Å². The summed E-state index contributed by atoms with van der Waals surface area (Å²) in [6.07, 6.45) is 0.489. The van der Waals surface area contributed by atoms with E-state index in [1.54, 1.807) is 14.2 Å². The van der Waals surface area contributed by atoms with E-state index in [1.165, 1.54) is 0 Å². The number of methoxy groups -OCH3 is 2. The molecular formula is C16H27NO4. The van der Waals surface area contributed by atoms with E-state index in [2.05, 4.69) is 4.90 Å². The summed E-state index contributed by atoms with van der Waals surface area (Å²) in [6, 6.07) is 7.72. The first-order chi connectivity index (χ1) is 10.2. The van der Waals surface area contributed by atoms with Crippen molar-refractivity contribution in [2.75, 3.05) is 47.6 Å². The molecule has 5 nitrogen and oxygen atoms in total. The maximum absolute atomic E-state index is 9.92. The number of hydrogen-bond donors (Lipinski definition) is 1. The second-order valence-electron chi connectivity index (χ2n) is 5.13. The maximum atomic E-state index is 9.92. The smallest absolute Gasteiger partial charge is 0.118 e. The molecule has 0 spiro atoms. The van der Waals surface area contributed by atoms with Gasteiger partial charge in [0.2, 0.25) is 0 Å². The molecule has 0 amide bonds. The molecule has 0 aromatic heterocycles. The zero-order chi connectivity index (χ0) is 15.5. The second-order valence-corrected chi connectivity index (χ2v) is 5.13. The molecule has 5 heteroatoms. The Bertz CT molecular complexity index is 369. The van der Waals surface area contributed by atoms with Gasteiger partial charge in [0, 0.05) is 26.8 Å². The third-order valence-electron chi connectivity index (χ3n) is 3.15. The minimum absolute atomic E-state index is 0.334. The Kier molecular flexibility index (Phi) is 9.01. The molecular weight excluding hydrogens is 270 g/mol. The highest BCUT2D eigenvalue weighted by Crippen LogP contribution is 2.12. The van der Waals surface area contributed by atoms with Crippen LogP contribution in [-0.4, -0.2) is 63.7 Å². The molecule has 1 N–H and O–H groups in total. The lowest BCUT2D eigenvalue weighted by molar-refractivity contribution is 0.0128. The van der Waals surface area contributed by atoms with Crippen molar-refractivity contribution in [3.8, 4) is 5.75 Å². The molecule has 0 aliphatic heterocycles. The molecule has 0 aliphatic carbocycles. The van der Waals surface area contributed by atoms with E-state index in [0.29, 0.717) is 19.8 Å². The second kappa shape index (κ2) is 10.6. The maximum Gasteiger partial charge on any atom is 0.118 e. The molecule has 120 valence electrons.